The van der Waals surface area contributed by atoms with Gasteiger partial charge in [0.05, 0.1) is 0 Å². The molecule has 3 heteroatoms. The number of hydrogen-bond acceptors (Lipinski definition) is 2. The standard InChI is InChI=1S/C20H20N2O/c21-13-17(15-7-2-1-3-8-15)14-22-20(23)19-12-6-10-16-9-4-5-11-18(16)19/h1-12,17H,13-14,21H2,(H,22,23). The number of rotatable bonds is 5. The maximum Gasteiger partial charge on any atom is 0.251 e. The third-order valence-electron chi connectivity index (χ3n) is 4.10. The SMILES string of the molecule is NCC(CNC(=O)c1cccc2ccccc12)c1ccccc1. The Morgan fingerprint density at radius 3 is 2.39 bits per heavy atom. The van der Waals surface area contributed by atoms with Crippen molar-refractivity contribution in [3.05, 3.63) is 83.9 Å². The third kappa shape index (κ3) is 3.41. The summed E-state index contributed by atoms with van der Waals surface area (Å²) in [6.07, 6.45) is 0. The van der Waals surface area contributed by atoms with Gasteiger partial charge in [-0.1, -0.05) is 66.7 Å². The van der Waals surface area contributed by atoms with Gasteiger partial charge in [0.15, 0.2) is 0 Å². The van der Waals surface area contributed by atoms with Crippen LogP contribution in [-0.4, -0.2) is 19.0 Å². The van der Waals surface area contributed by atoms with Gasteiger partial charge in [-0.25, -0.2) is 0 Å². The predicted molar refractivity (Wildman–Crippen MR) is 94.5 cm³/mol. The summed E-state index contributed by atoms with van der Waals surface area (Å²) in [6.45, 7) is 1.03. The minimum absolute atomic E-state index is 0.0591. The van der Waals surface area contributed by atoms with Crippen LogP contribution in [0.25, 0.3) is 10.8 Å². The fraction of sp³-hybridized carbons (Fsp3) is 0.150. The molecule has 1 atom stereocenters. The Bertz CT molecular complexity index is 794. The van der Waals surface area contributed by atoms with E-state index in [9.17, 15) is 4.79 Å². The van der Waals surface area contributed by atoms with Crippen LogP contribution in [0.2, 0.25) is 0 Å². The van der Waals surface area contributed by atoms with Gasteiger partial charge in [0.1, 0.15) is 0 Å². The van der Waals surface area contributed by atoms with Crippen LogP contribution in [0.1, 0.15) is 21.8 Å². The molecule has 3 nitrogen and oxygen atoms in total. The predicted octanol–water partition coefficient (Wildman–Crippen LogP) is 3.31. The second-order valence-electron chi connectivity index (χ2n) is 5.58. The molecular weight excluding hydrogens is 284 g/mol. The normalized spacial score (nSPS) is 12.0. The number of carbonyl (C=O) groups is 1. The van der Waals surface area contributed by atoms with Gasteiger partial charge in [0.2, 0.25) is 0 Å². The smallest absolute Gasteiger partial charge is 0.251 e. The molecule has 0 bridgehead atoms. The molecule has 3 aromatic carbocycles. The molecule has 0 spiro atoms. The van der Waals surface area contributed by atoms with Gasteiger partial charge in [0, 0.05) is 24.6 Å². The van der Waals surface area contributed by atoms with Crippen LogP contribution in [0.4, 0.5) is 0 Å². The van der Waals surface area contributed by atoms with E-state index in [2.05, 4.69) is 5.32 Å². The third-order valence-corrected chi connectivity index (χ3v) is 4.10. The molecule has 0 aromatic heterocycles. The Morgan fingerprint density at radius 2 is 1.61 bits per heavy atom. The number of fused-ring (bicyclic) bond motifs is 1. The van der Waals surface area contributed by atoms with E-state index in [1.54, 1.807) is 0 Å². The van der Waals surface area contributed by atoms with Gasteiger partial charge < -0.3 is 11.1 Å². The lowest BCUT2D eigenvalue weighted by molar-refractivity contribution is 0.0953. The molecule has 3 aromatic rings. The van der Waals surface area contributed by atoms with Crippen molar-refractivity contribution in [3.63, 3.8) is 0 Å². The maximum absolute atomic E-state index is 12.6. The van der Waals surface area contributed by atoms with E-state index in [0.717, 1.165) is 16.3 Å². The molecule has 23 heavy (non-hydrogen) atoms. The summed E-state index contributed by atoms with van der Waals surface area (Å²) in [5, 5.41) is 5.06. The summed E-state index contributed by atoms with van der Waals surface area (Å²) in [4.78, 5) is 12.6. The molecule has 0 saturated carbocycles. The van der Waals surface area contributed by atoms with Gasteiger partial charge in [0.25, 0.3) is 5.91 Å². The van der Waals surface area contributed by atoms with Gasteiger partial charge in [-0.05, 0) is 22.4 Å². The van der Waals surface area contributed by atoms with Crippen molar-refractivity contribution in [2.24, 2.45) is 5.73 Å². The van der Waals surface area contributed by atoms with Crippen LogP contribution in [0.3, 0.4) is 0 Å². The summed E-state index contributed by atoms with van der Waals surface area (Å²) < 4.78 is 0. The molecule has 3 rings (SSSR count). The lowest BCUT2D eigenvalue weighted by Crippen LogP contribution is -2.31. The van der Waals surface area contributed by atoms with E-state index in [1.807, 2.05) is 72.8 Å². The molecule has 0 aliphatic rings. The van der Waals surface area contributed by atoms with E-state index in [-0.39, 0.29) is 11.8 Å². The molecule has 3 N–H and O–H groups in total. The molecule has 1 amide bonds. The highest BCUT2D eigenvalue weighted by Gasteiger charge is 2.13. The van der Waals surface area contributed by atoms with Crippen molar-refractivity contribution in [2.45, 2.75) is 5.92 Å². The molecule has 0 aliphatic heterocycles. The Morgan fingerprint density at radius 1 is 0.913 bits per heavy atom. The largest absolute Gasteiger partial charge is 0.351 e. The van der Waals surface area contributed by atoms with Crippen LogP contribution in [0.5, 0.6) is 0 Å². The molecule has 116 valence electrons. The first-order chi connectivity index (χ1) is 11.3. The highest BCUT2D eigenvalue weighted by Crippen LogP contribution is 2.19. The van der Waals surface area contributed by atoms with Gasteiger partial charge >= 0.3 is 0 Å². The molecule has 0 fully saturated rings. The number of nitrogens with two attached hydrogens (primary N) is 1. The van der Waals surface area contributed by atoms with Crippen molar-refractivity contribution in [2.75, 3.05) is 13.1 Å². The van der Waals surface area contributed by atoms with E-state index >= 15 is 0 Å². The number of amides is 1. The first-order valence-corrected chi connectivity index (χ1v) is 7.80. The van der Waals surface area contributed by atoms with Crippen LogP contribution >= 0.6 is 0 Å². The Kier molecular flexibility index (Phi) is 4.69. The van der Waals surface area contributed by atoms with E-state index < -0.39 is 0 Å². The zero-order valence-electron chi connectivity index (χ0n) is 12.9. The van der Waals surface area contributed by atoms with Crippen molar-refractivity contribution in [3.8, 4) is 0 Å². The molecule has 0 radical (unpaired) electrons. The molecule has 0 heterocycles. The van der Waals surface area contributed by atoms with Crippen molar-refractivity contribution < 1.29 is 4.79 Å². The Hall–Kier alpha value is -2.65. The monoisotopic (exact) mass is 304 g/mol. The van der Waals surface area contributed by atoms with Gasteiger partial charge in [-0.3, -0.25) is 4.79 Å². The second kappa shape index (κ2) is 7.07. The van der Waals surface area contributed by atoms with Crippen LogP contribution in [0, 0.1) is 0 Å². The van der Waals surface area contributed by atoms with E-state index in [1.165, 1.54) is 0 Å². The van der Waals surface area contributed by atoms with Crippen molar-refractivity contribution in [1.29, 1.82) is 0 Å². The number of carbonyl (C=O) groups excluding carboxylic acids is 1. The summed E-state index contributed by atoms with van der Waals surface area (Å²) >= 11 is 0. The summed E-state index contributed by atoms with van der Waals surface area (Å²) in [7, 11) is 0. The average molecular weight is 304 g/mol. The first-order valence-electron chi connectivity index (χ1n) is 7.80. The molecule has 0 aliphatic carbocycles. The first kappa shape index (κ1) is 15.3. The summed E-state index contributed by atoms with van der Waals surface area (Å²) in [5.74, 6) is 0.0614. The van der Waals surface area contributed by atoms with Crippen LogP contribution in [0.15, 0.2) is 72.8 Å². The molecule has 1 unspecified atom stereocenters. The highest BCUT2D eigenvalue weighted by atomic mass is 16.1. The lowest BCUT2D eigenvalue weighted by Gasteiger charge is -2.16. The van der Waals surface area contributed by atoms with E-state index in [0.29, 0.717) is 18.7 Å². The summed E-state index contributed by atoms with van der Waals surface area (Å²) in [5.41, 5.74) is 7.72. The molecular formula is C20H20N2O. The van der Waals surface area contributed by atoms with Crippen LogP contribution < -0.4 is 11.1 Å². The number of benzene rings is 3. The number of nitrogens with one attached hydrogen (secondary N) is 1. The summed E-state index contributed by atoms with van der Waals surface area (Å²) in [6, 6.07) is 23.7. The molecule has 0 saturated heterocycles. The van der Waals surface area contributed by atoms with Crippen LogP contribution in [-0.2, 0) is 0 Å². The van der Waals surface area contributed by atoms with Crippen molar-refractivity contribution in [1.82, 2.24) is 5.32 Å². The zero-order valence-corrected chi connectivity index (χ0v) is 12.9. The Labute approximate surface area is 136 Å². The fourth-order valence-corrected chi connectivity index (χ4v) is 2.80. The van der Waals surface area contributed by atoms with E-state index in [4.69, 9.17) is 5.73 Å². The Balaban J connectivity index is 1.76. The van der Waals surface area contributed by atoms with Gasteiger partial charge in [-0.15, -0.1) is 0 Å². The fourth-order valence-electron chi connectivity index (χ4n) is 2.80. The topological polar surface area (TPSA) is 55.1 Å². The quantitative estimate of drug-likeness (QED) is 0.760. The van der Waals surface area contributed by atoms with Gasteiger partial charge in [-0.2, -0.15) is 0 Å². The minimum atomic E-state index is -0.0591. The second-order valence-corrected chi connectivity index (χ2v) is 5.58. The minimum Gasteiger partial charge on any atom is -0.351 e. The lowest BCUT2D eigenvalue weighted by atomic mass is 9.99. The zero-order chi connectivity index (χ0) is 16.1. The van der Waals surface area contributed by atoms with Crippen molar-refractivity contribution >= 4 is 16.7 Å². The average Bonchev–Trinajstić information content (AvgIpc) is 2.62. The highest BCUT2D eigenvalue weighted by molar-refractivity contribution is 6.07. The maximum atomic E-state index is 12.6. The number of hydrogen-bond donors (Lipinski definition) is 2.